The lowest BCUT2D eigenvalue weighted by atomic mass is 10.0. The molecular formula is C23H18ClNO3. The zero-order valence-corrected chi connectivity index (χ0v) is 16.0. The highest BCUT2D eigenvalue weighted by Gasteiger charge is 2.24. The quantitative estimate of drug-likeness (QED) is 0.591. The number of nitrogens with one attached hydrogen (secondary N) is 1. The van der Waals surface area contributed by atoms with E-state index >= 15 is 0 Å². The topological polar surface area (TPSA) is 47.6 Å². The molecule has 140 valence electrons. The number of halogens is 1. The third kappa shape index (κ3) is 3.73. The molecule has 28 heavy (non-hydrogen) atoms. The first-order chi connectivity index (χ1) is 13.6. The molecule has 1 amide bonds. The van der Waals surface area contributed by atoms with E-state index in [4.69, 9.17) is 21.1 Å². The highest BCUT2D eigenvalue weighted by Crippen LogP contribution is 2.36. The van der Waals surface area contributed by atoms with E-state index in [2.05, 4.69) is 5.32 Å². The zero-order chi connectivity index (χ0) is 19.5. The molecule has 4 rings (SSSR count). The fourth-order valence-electron chi connectivity index (χ4n) is 3.11. The van der Waals surface area contributed by atoms with Crippen LogP contribution in [0.2, 0.25) is 5.02 Å². The van der Waals surface area contributed by atoms with Crippen molar-refractivity contribution in [1.82, 2.24) is 0 Å². The van der Waals surface area contributed by atoms with Gasteiger partial charge in [0.1, 0.15) is 6.61 Å². The van der Waals surface area contributed by atoms with Crippen molar-refractivity contribution in [2.75, 3.05) is 12.4 Å². The summed E-state index contributed by atoms with van der Waals surface area (Å²) in [6, 6.07) is 20.9. The summed E-state index contributed by atoms with van der Waals surface area (Å²) in [5.41, 5.74) is 4.06. The van der Waals surface area contributed by atoms with Crippen molar-refractivity contribution < 1.29 is 14.3 Å². The van der Waals surface area contributed by atoms with Gasteiger partial charge in [0, 0.05) is 16.2 Å². The minimum absolute atomic E-state index is 0.152. The van der Waals surface area contributed by atoms with Crippen molar-refractivity contribution in [1.29, 1.82) is 0 Å². The van der Waals surface area contributed by atoms with Gasteiger partial charge in [0.15, 0.2) is 11.5 Å². The summed E-state index contributed by atoms with van der Waals surface area (Å²) in [6.45, 7) is 0.453. The molecule has 5 heteroatoms. The number of amides is 1. The largest absolute Gasteiger partial charge is 0.493 e. The SMILES string of the molecule is COc1cc(C=C2C(=O)Nc3cc(Cl)ccc32)ccc1OCc1ccccc1. The van der Waals surface area contributed by atoms with Crippen LogP contribution < -0.4 is 14.8 Å². The van der Waals surface area contributed by atoms with E-state index < -0.39 is 0 Å². The summed E-state index contributed by atoms with van der Waals surface area (Å²) in [7, 11) is 1.60. The van der Waals surface area contributed by atoms with Gasteiger partial charge in [-0.05, 0) is 41.5 Å². The van der Waals surface area contributed by atoms with Crippen LogP contribution in [0.4, 0.5) is 5.69 Å². The minimum atomic E-state index is -0.152. The van der Waals surface area contributed by atoms with Crippen LogP contribution in [0, 0.1) is 0 Å². The fraction of sp³-hybridized carbons (Fsp3) is 0.0870. The average molecular weight is 392 g/mol. The van der Waals surface area contributed by atoms with Crippen LogP contribution in [0.3, 0.4) is 0 Å². The smallest absolute Gasteiger partial charge is 0.256 e. The molecule has 1 heterocycles. The molecule has 1 aliphatic rings. The number of carbonyl (C=O) groups excluding carboxylic acids is 1. The second kappa shape index (κ2) is 7.79. The molecule has 0 aliphatic carbocycles. The molecule has 0 radical (unpaired) electrons. The monoisotopic (exact) mass is 391 g/mol. The Morgan fingerprint density at radius 3 is 2.61 bits per heavy atom. The van der Waals surface area contributed by atoms with Gasteiger partial charge in [0.05, 0.1) is 12.8 Å². The predicted molar refractivity (Wildman–Crippen MR) is 112 cm³/mol. The summed E-state index contributed by atoms with van der Waals surface area (Å²) in [4.78, 5) is 12.3. The molecule has 0 saturated carbocycles. The molecule has 1 N–H and O–H groups in total. The third-order valence-corrected chi connectivity index (χ3v) is 4.74. The van der Waals surface area contributed by atoms with Gasteiger partial charge in [-0.25, -0.2) is 0 Å². The number of rotatable bonds is 5. The van der Waals surface area contributed by atoms with Gasteiger partial charge in [-0.2, -0.15) is 0 Å². The number of hydrogen-bond donors (Lipinski definition) is 1. The van der Waals surface area contributed by atoms with E-state index in [0.717, 1.165) is 22.4 Å². The van der Waals surface area contributed by atoms with Gasteiger partial charge < -0.3 is 14.8 Å². The second-order valence-electron chi connectivity index (χ2n) is 6.39. The molecule has 3 aromatic rings. The van der Waals surface area contributed by atoms with Crippen molar-refractivity contribution in [2.45, 2.75) is 6.61 Å². The van der Waals surface area contributed by atoms with E-state index in [-0.39, 0.29) is 5.91 Å². The number of ether oxygens (including phenoxy) is 2. The first kappa shape index (κ1) is 18.1. The Morgan fingerprint density at radius 1 is 1.00 bits per heavy atom. The Labute approximate surface area is 168 Å². The summed E-state index contributed by atoms with van der Waals surface area (Å²) in [5, 5.41) is 3.42. The van der Waals surface area contributed by atoms with Crippen LogP contribution in [0.5, 0.6) is 11.5 Å². The number of methoxy groups -OCH3 is 1. The molecule has 0 fully saturated rings. The second-order valence-corrected chi connectivity index (χ2v) is 6.82. The van der Waals surface area contributed by atoms with Crippen LogP contribution in [0.15, 0.2) is 66.7 Å². The molecule has 1 aliphatic heterocycles. The summed E-state index contributed by atoms with van der Waals surface area (Å²) in [5.74, 6) is 1.11. The van der Waals surface area contributed by atoms with Crippen LogP contribution in [0.1, 0.15) is 16.7 Å². The molecular weight excluding hydrogens is 374 g/mol. The maximum absolute atomic E-state index is 12.3. The number of carbonyl (C=O) groups is 1. The van der Waals surface area contributed by atoms with Crippen LogP contribution in [-0.2, 0) is 11.4 Å². The molecule has 0 bridgehead atoms. The van der Waals surface area contributed by atoms with Crippen LogP contribution in [-0.4, -0.2) is 13.0 Å². The van der Waals surface area contributed by atoms with E-state index in [1.54, 1.807) is 19.2 Å². The van der Waals surface area contributed by atoms with Crippen molar-refractivity contribution in [3.63, 3.8) is 0 Å². The van der Waals surface area contributed by atoms with Gasteiger partial charge in [0.25, 0.3) is 5.91 Å². The maximum Gasteiger partial charge on any atom is 0.256 e. The third-order valence-electron chi connectivity index (χ3n) is 4.50. The maximum atomic E-state index is 12.3. The first-order valence-electron chi connectivity index (χ1n) is 8.82. The average Bonchev–Trinajstić information content (AvgIpc) is 3.01. The molecule has 3 aromatic carbocycles. The standard InChI is InChI=1S/C23H18ClNO3/c1-27-22-12-16(7-10-21(22)28-14-15-5-3-2-4-6-15)11-19-18-9-8-17(24)13-20(18)25-23(19)26/h2-13H,14H2,1H3,(H,25,26). The van der Waals surface area contributed by atoms with E-state index in [9.17, 15) is 4.79 Å². The van der Waals surface area contributed by atoms with E-state index in [0.29, 0.717) is 28.7 Å². The van der Waals surface area contributed by atoms with E-state index in [1.807, 2.05) is 60.7 Å². The highest BCUT2D eigenvalue weighted by atomic mass is 35.5. The lowest BCUT2D eigenvalue weighted by Crippen LogP contribution is -2.03. The number of fused-ring (bicyclic) bond motifs is 1. The predicted octanol–water partition coefficient (Wildman–Crippen LogP) is 5.42. The lowest BCUT2D eigenvalue weighted by Gasteiger charge is -2.11. The van der Waals surface area contributed by atoms with Crippen molar-refractivity contribution in [3.05, 3.63) is 88.4 Å². The molecule has 0 saturated heterocycles. The summed E-state index contributed by atoms with van der Waals surface area (Å²) < 4.78 is 11.4. The van der Waals surface area contributed by atoms with Crippen LogP contribution in [0.25, 0.3) is 11.6 Å². The highest BCUT2D eigenvalue weighted by molar-refractivity contribution is 6.36. The molecule has 0 aromatic heterocycles. The van der Waals surface area contributed by atoms with Crippen molar-refractivity contribution in [2.24, 2.45) is 0 Å². The summed E-state index contributed by atoms with van der Waals surface area (Å²) >= 11 is 6.01. The number of hydrogen-bond acceptors (Lipinski definition) is 3. The fourth-order valence-corrected chi connectivity index (χ4v) is 3.28. The van der Waals surface area contributed by atoms with Gasteiger partial charge in [-0.1, -0.05) is 54.1 Å². The van der Waals surface area contributed by atoms with Crippen molar-refractivity contribution in [3.8, 4) is 11.5 Å². The summed E-state index contributed by atoms with van der Waals surface area (Å²) in [6.07, 6.45) is 1.83. The molecule has 4 nitrogen and oxygen atoms in total. The normalized spacial score (nSPS) is 13.9. The molecule has 0 unspecified atom stereocenters. The number of anilines is 1. The van der Waals surface area contributed by atoms with Crippen LogP contribution >= 0.6 is 11.6 Å². The molecule has 0 spiro atoms. The first-order valence-corrected chi connectivity index (χ1v) is 9.19. The molecule has 0 atom stereocenters. The Balaban J connectivity index is 1.60. The Hall–Kier alpha value is -3.24. The Kier molecular flexibility index (Phi) is 5.04. The van der Waals surface area contributed by atoms with Crippen molar-refractivity contribution >= 4 is 34.8 Å². The van der Waals surface area contributed by atoms with E-state index in [1.165, 1.54) is 0 Å². The van der Waals surface area contributed by atoms with Gasteiger partial charge in [0.2, 0.25) is 0 Å². The Morgan fingerprint density at radius 2 is 1.82 bits per heavy atom. The Bertz CT molecular complexity index is 1060. The minimum Gasteiger partial charge on any atom is -0.493 e. The lowest BCUT2D eigenvalue weighted by molar-refractivity contribution is -0.110. The zero-order valence-electron chi connectivity index (χ0n) is 15.2. The van der Waals surface area contributed by atoms with Gasteiger partial charge >= 0.3 is 0 Å². The number of benzene rings is 3. The van der Waals surface area contributed by atoms with Gasteiger partial charge in [-0.3, -0.25) is 4.79 Å². The van der Waals surface area contributed by atoms with Gasteiger partial charge in [-0.15, -0.1) is 0 Å².